The molecule has 2 unspecified atom stereocenters. The lowest BCUT2D eigenvalue weighted by molar-refractivity contribution is -0.133. The van der Waals surface area contributed by atoms with E-state index in [-0.39, 0.29) is 17.9 Å². The minimum Gasteiger partial charge on any atom is -0.481 e. The molecule has 2 aliphatic rings. The standard InChI is InChI=1S/C25H30N2O3/c1-4-23(28)27-13-12-18-8-11-21(30-17(3)25(29)26-20-9-10-20)15-22(18)24(27)19-7-5-6-16(2)14-19/h5-8,11,14-15,17,20,24H,4,9-10,12-13H2,1-3H3,(H,26,29). The van der Waals surface area contributed by atoms with Crippen LogP contribution in [0.15, 0.2) is 42.5 Å². The Morgan fingerprint density at radius 2 is 2.00 bits per heavy atom. The number of carbonyl (C=O) groups excluding carboxylic acids is 2. The Morgan fingerprint density at radius 1 is 1.20 bits per heavy atom. The Bertz CT molecular complexity index is 951. The minimum absolute atomic E-state index is 0.0757. The van der Waals surface area contributed by atoms with Gasteiger partial charge in [0.2, 0.25) is 5.91 Å². The first-order chi connectivity index (χ1) is 14.5. The molecule has 1 heterocycles. The van der Waals surface area contributed by atoms with E-state index in [2.05, 4.69) is 36.5 Å². The van der Waals surface area contributed by atoms with Gasteiger partial charge in [-0.3, -0.25) is 9.59 Å². The number of aryl methyl sites for hydroxylation is 1. The van der Waals surface area contributed by atoms with Crippen LogP contribution in [-0.2, 0) is 16.0 Å². The van der Waals surface area contributed by atoms with Crippen LogP contribution in [0.2, 0.25) is 0 Å². The molecule has 5 heteroatoms. The lowest BCUT2D eigenvalue weighted by Gasteiger charge is -2.38. The molecule has 2 amide bonds. The summed E-state index contributed by atoms with van der Waals surface area (Å²) in [6.45, 7) is 6.46. The zero-order valence-electron chi connectivity index (χ0n) is 18.0. The van der Waals surface area contributed by atoms with Gasteiger partial charge in [-0.25, -0.2) is 0 Å². The maximum atomic E-state index is 12.7. The lowest BCUT2D eigenvalue weighted by atomic mass is 9.87. The number of amides is 2. The summed E-state index contributed by atoms with van der Waals surface area (Å²) in [5, 5.41) is 2.99. The van der Waals surface area contributed by atoms with Crippen LogP contribution in [0.1, 0.15) is 61.4 Å². The molecule has 1 aliphatic carbocycles. The third kappa shape index (κ3) is 4.35. The summed E-state index contributed by atoms with van der Waals surface area (Å²) in [6, 6.07) is 14.5. The Hall–Kier alpha value is -2.82. The van der Waals surface area contributed by atoms with Crippen LogP contribution in [0, 0.1) is 6.92 Å². The molecule has 2 atom stereocenters. The molecule has 2 aromatic carbocycles. The Morgan fingerprint density at radius 3 is 2.70 bits per heavy atom. The fourth-order valence-corrected chi connectivity index (χ4v) is 4.14. The van der Waals surface area contributed by atoms with Crippen molar-refractivity contribution in [3.8, 4) is 5.75 Å². The molecule has 5 nitrogen and oxygen atoms in total. The highest BCUT2D eigenvalue weighted by Crippen LogP contribution is 2.38. The molecule has 1 N–H and O–H groups in total. The molecule has 1 aliphatic heterocycles. The van der Waals surface area contributed by atoms with Crippen LogP contribution >= 0.6 is 0 Å². The molecule has 30 heavy (non-hydrogen) atoms. The summed E-state index contributed by atoms with van der Waals surface area (Å²) in [5.41, 5.74) is 4.58. The number of carbonyl (C=O) groups is 2. The van der Waals surface area contributed by atoms with Crippen molar-refractivity contribution in [2.45, 2.75) is 64.6 Å². The predicted octanol–water partition coefficient (Wildman–Crippen LogP) is 3.93. The van der Waals surface area contributed by atoms with Crippen molar-refractivity contribution >= 4 is 11.8 Å². The molecular formula is C25H30N2O3. The smallest absolute Gasteiger partial charge is 0.260 e. The molecule has 1 fully saturated rings. The van der Waals surface area contributed by atoms with Crippen molar-refractivity contribution in [3.63, 3.8) is 0 Å². The molecule has 1 saturated carbocycles. The van der Waals surface area contributed by atoms with Gasteiger partial charge in [0.05, 0.1) is 6.04 Å². The van der Waals surface area contributed by atoms with Gasteiger partial charge in [0.1, 0.15) is 5.75 Å². The van der Waals surface area contributed by atoms with Crippen molar-refractivity contribution in [1.29, 1.82) is 0 Å². The third-order valence-electron chi connectivity index (χ3n) is 5.93. The van der Waals surface area contributed by atoms with Gasteiger partial charge in [-0.15, -0.1) is 0 Å². The molecule has 0 spiro atoms. The Balaban J connectivity index is 1.65. The molecule has 0 radical (unpaired) electrons. The maximum Gasteiger partial charge on any atom is 0.260 e. The fourth-order valence-electron chi connectivity index (χ4n) is 4.14. The molecule has 2 aromatic rings. The van der Waals surface area contributed by atoms with E-state index in [1.807, 2.05) is 30.0 Å². The highest BCUT2D eigenvalue weighted by molar-refractivity contribution is 5.81. The monoisotopic (exact) mass is 406 g/mol. The van der Waals surface area contributed by atoms with E-state index in [1.54, 1.807) is 6.92 Å². The number of nitrogens with zero attached hydrogens (tertiary/aromatic N) is 1. The second kappa shape index (κ2) is 8.50. The number of nitrogens with one attached hydrogen (secondary N) is 1. The van der Waals surface area contributed by atoms with Crippen molar-refractivity contribution in [1.82, 2.24) is 10.2 Å². The van der Waals surface area contributed by atoms with Crippen LogP contribution in [-0.4, -0.2) is 35.4 Å². The summed E-state index contributed by atoms with van der Waals surface area (Å²) in [7, 11) is 0. The van der Waals surface area contributed by atoms with E-state index < -0.39 is 6.10 Å². The van der Waals surface area contributed by atoms with Crippen LogP contribution in [0.25, 0.3) is 0 Å². The fraction of sp³-hybridized carbons (Fsp3) is 0.440. The largest absolute Gasteiger partial charge is 0.481 e. The van der Waals surface area contributed by atoms with Gasteiger partial charge in [0.15, 0.2) is 6.10 Å². The van der Waals surface area contributed by atoms with Crippen molar-refractivity contribution in [2.75, 3.05) is 6.54 Å². The molecule has 0 saturated heterocycles. The Kier molecular flexibility index (Phi) is 5.80. The number of hydrogen-bond acceptors (Lipinski definition) is 3. The van der Waals surface area contributed by atoms with Gasteiger partial charge in [-0.1, -0.05) is 42.8 Å². The number of fused-ring (bicyclic) bond motifs is 1. The molecular weight excluding hydrogens is 376 g/mol. The summed E-state index contributed by atoms with van der Waals surface area (Å²) >= 11 is 0. The number of rotatable bonds is 6. The summed E-state index contributed by atoms with van der Waals surface area (Å²) < 4.78 is 5.99. The van der Waals surface area contributed by atoms with Gasteiger partial charge in [0.25, 0.3) is 5.91 Å². The first-order valence-electron chi connectivity index (χ1n) is 10.9. The zero-order chi connectivity index (χ0) is 21.3. The first kappa shape index (κ1) is 20.5. The summed E-state index contributed by atoms with van der Waals surface area (Å²) in [4.78, 5) is 27.0. The Labute approximate surface area is 178 Å². The van der Waals surface area contributed by atoms with Gasteiger partial charge in [-0.05, 0) is 61.9 Å². The third-order valence-corrected chi connectivity index (χ3v) is 5.93. The average molecular weight is 407 g/mol. The first-order valence-corrected chi connectivity index (χ1v) is 10.9. The number of ether oxygens (including phenoxy) is 1. The van der Waals surface area contributed by atoms with Crippen molar-refractivity contribution in [3.05, 3.63) is 64.7 Å². The average Bonchev–Trinajstić information content (AvgIpc) is 3.56. The van der Waals surface area contributed by atoms with Gasteiger partial charge in [0, 0.05) is 19.0 Å². The second-order valence-electron chi connectivity index (χ2n) is 8.41. The van der Waals surface area contributed by atoms with E-state index >= 15 is 0 Å². The van der Waals surface area contributed by atoms with E-state index in [0.717, 1.165) is 30.4 Å². The highest BCUT2D eigenvalue weighted by Gasteiger charge is 2.32. The van der Waals surface area contributed by atoms with Crippen molar-refractivity contribution < 1.29 is 14.3 Å². The summed E-state index contributed by atoms with van der Waals surface area (Å²) in [5.74, 6) is 0.736. The summed E-state index contributed by atoms with van der Waals surface area (Å²) in [6.07, 6.45) is 2.85. The van der Waals surface area contributed by atoms with E-state index in [9.17, 15) is 9.59 Å². The highest BCUT2D eigenvalue weighted by atomic mass is 16.5. The molecule has 0 bridgehead atoms. The topological polar surface area (TPSA) is 58.6 Å². The molecule has 4 rings (SSSR count). The molecule has 158 valence electrons. The number of benzene rings is 2. The van der Waals surface area contributed by atoms with Crippen molar-refractivity contribution in [2.24, 2.45) is 0 Å². The van der Waals surface area contributed by atoms with E-state index in [4.69, 9.17) is 4.74 Å². The van der Waals surface area contributed by atoms with Crippen LogP contribution in [0.5, 0.6) is 5.75 Å². The quantitative estimate of drug-likeness (QED) is 0.791. The van der Waals surface area contributed by atoms with Gasteiger partial charge in [-0.2, -0.15) is 0 Å². The lowest BCUT2D eigenvalue weighted by Crippen LogP contribution is -2.40. The molecule has 0 aromatic heterocycles. The maximum absolute atomic E-state index is 12.7. The normalized spacial score (nSPS) is 19.0. The van der Waals surface area contributed by atoms with Crippen LogP contribution in [0.4, 0.5) is 0 Å². The minimum atomic E-state index is -0.557. The van der Waals surface area contributed by atoms with Gasteiger partial charge >= 0.3 is 0 Å². The van der Waals surface area contributed by atoms with Gasteiger partial charge < -0.3 is 15.0 Å². The van der Waals surface area contributed by atoms with Crippen LogP contribution < -0.4 is 10.1 Å². The zero-order valence-corrected chi connectivity index (χ0v) is 18.0. The number of hydrogen-bond donors (Lipinski definition) is 1. The predicted molar refractivity (Wildman–Crippen MR) is 116 cm³/mol. The van der Waals surface area contributed by atoms with Crippen LogP contribution in [0.3, 0.4) is 0 Å². The second-order valence-corrected chi connectivity index (χ2v) is 8.41. The van der Waals surface area contributed by atoms with E-state index in [0.29, 0.717) is 24.8 Å². The SMILES string of the molecule is CCC(=O)N1CCc2ccc(OC(C)C(=O)NC3CC3)cc2C1c1cccc(C)c1. The van der Waals surface area contributed by atoms with E-state index in [1.165, 1.54) is 11.1 Å².